The number of benzene rings is 4. The Morgan fingerprint density at radius 2 is 1.50 bits per heavy atom. The summed E-state index contributed by atoms with van der Waals surface area (Å²) in [5.41, 5.74) is 2.71. The molecule has 0 fully saturated rings. The molecule has 2 amide bonds. The third-order valence-corrected chi connectivity index (χ3v) is 9.31. The highest BCUT2D eigenvalue weighted by molar-refractivity contribution is 7.92. The maximum Gasteiger partial charge on any atom is 0.264 e. The second-order valence-corrected chi connectivity index (χ2v) is 13.2. The van der Waals surface area contributed by atoms with Crippen molar-refractivity contribution >= 4 is 50.7 Å². The molecule has 0 bridgehead atoms. The van der Waals surface area contributed by atoms with E-state index in [1.165, 1.54) is 29.2 Å². The van der Waals surface area contributed by atoms with Crippen molar-refractivity contribution in [2.24, 2.45) is 0 Å². The van der Waals surface area contributed by atoms with Crippen molar-refractivity contribution in [2.45, 2.75) is 44.2 Å². The number of amides is 2. The first-order valence-electron chi connectivity index (χ1n) is 14.3. The Morgan fingerprint density at radius 1 is 0.818 bits per heavy atom. The zero-order valence-corrected chi connectivity index (χ0v) is 26.9. The fourth-order valence-corrected chi connectivity index (χ4v) is 6.54. The summed E-state index contributed by atoms with van der Waals surface area (Å²) >= 11 is 12.3. The lowest BCUT2D eigenvalue weighted by Gasteiger charge is -2.34. The van der Waals surface area contributed by atoms with E-state index in [0.29, 0.717) is 34.3 Å². The minimum absolute atomic E-state index is 0.0147. The monoisotopic (exact) mass is 651 g/mol. The standard InChI is InChI=1S/C34H35Cl2N3O4S/c1-3-19-37-34(41)32(22-26-10-5-4-6-11-26)38(23-27-12-8-13-29(36)21-27)33(40)24-39(30-14-7-9-25(2)20-30)44(42,43)31-17-15-28(35)16-18-31/h4-18,20-21,32H,3,19,22-24H2,1-2H3,(H,37,41)/t32-/m1/s1. The van der Waals surface area contributed by atoms with Crippen molar-refractivity contribution in [3.8, 4) is 0 Å². The maximum absolute atomic E-state index is 14.4. The minimum Gasteiger partial charge on any atom is -0.354 e. The summed E-state index contributed by atoms with van der Waals surface area (Å²) in [6.07, 6.45) is 0.948. The lowest BCUT2D eigenvalue weighted by molar-refractivity contribution is -0.140. The first-order chi connectivity index (χ1) is 21.1. The first-order valence-corrected chi connectivity index (χ1v) is 16.5. The van der Waals surface area contributed by atoms with Gasteiger partial charge in [-0.05, 0) is 78.6 Å². The number of rotatable bonds is 13. The highest BCUT2D eigenvalue weighted by atomic mass is 35.5. The third-order valence-electron chi connectivity index (χ3n) is 7.03. The van der Waals surface area contributed by atoms with Crippen LogP contribution in [0.25, 0.3) is 0 Å². The van der Waals surface area contributed by atoms with Crippen molar-refractivity contribution in [1.82, 2.24) is 10.2 Å². The molecule has 0 saturated heterocycles. The normalized spacial score (nSPS) is 11.9. The Balaban J connectivity index is 1.80. The van der Waals surface area contributed by atoms with Crippen molar-refractivity contribution in [3.63, 3.8) is 0 Å². The Morgan fingerprint density at radius 3 is 2.16 bits per heavy atom. The predicted molar refractivity (Wildman–Crippen MR) is 176 cm³/mol. The summed E-state index contributed by atoms with van der Waals surface area (Å²) in [5.74, 6) is -0.870. The number of nitrogens with one attached hydrogen (secondary N) is 1. The molecule has 0 aliphatic heterocycles. The molecule has 10 heteroatoms. The predicted octanol–water partition coefficient (Wildman–Crippen LogP) is 6.66. The van der Waals surface area contributed by atoms with Crippen molar-refractivity contribution in [3.05, 3.63) is 130 Å². The smallest absolute Gasteiger partial charge is 0.264 e. The van der Waals surface area contributed by atoms with E-state index in [4.69, 9.17) is 23.2 Å². The van der Waals surface area contributed by atoms with E-state index in [1.807, 2.05) is 56.3 Å². The zero-order valence-electron chi connectivity index (χ0n) is 24.6. The SMILES string of the molecule is CCCNC(=O)[C@@H](Cc1ccccc1)N(Cc1cccc(Cl)c1)C(=O)CN(c1cccc(C)c1)S(=O)(=O)c1ccc(Cl)cc1. The average molecular weight is 653 g/mol. The van der Waals surface area contributed by atoms with Crippen molar-refractivity contribution < 1.29 is 18.0 Å². The van der Waals surface area contributed by atoms with Gasteiger partial charge in [0.2, 0.25) is 11.8 Å². The van der Waals surface area contributed by atoms with Gasteiger partial charge in [-0.2, -0.15) is 0 Å². The molecule has 0 spiro atoms. The molecule has 230 valence electrons. The van der Waals surface area contributed by atoms with Crippen LogP contribution >= 0.6 is 23.2 Å². The van der Waals surface area contributed by atoms with Gasteiger partial charge >= 0.3 is 0 Å². The largest absolute Gasteiger partial charge is 0.354 e. The number of hydrogen-bond acceptors (Lipinski definition) is 4. The van der Waals surface area contributed by atoms with Crippen molar-refractivity contribution in [1.29, 1.82) is 0 Å². The van der Waals surface area contributed by atoms with Gasteiger partial charge in [0.15, 0.2) is 0 Å². The Hall–Kier alpha value is -3.85. The highest BCUT2D eigenvalue weighted by Crippen LogP contribution is 2.27. The van der Waals surface area contributed by atoms with E-state index < -0.39 is 28.5 Å². The number of sulfonamides is 1. The number of aryl methyl sites for hydroxylation is 1. The van der Waals surface area contributed by atoms with Gasteiger partial charge in [-0.1, -0.05) is 84.7 Å². The van der Waals surface area contributed by atoms with Gasteiger partial charge in [-0.3, -0.25) is 13.9 Å². The summed E-state index contributed by atoms with van der Waals surface area (Å²) in [6.45, 7) is 3.73. The fraction of sp³-hybridized carbons (Fsp3) is 0.235. The van der Waals surface area contributed by atoms with Crippen LogP contribution in [-0.4, -0.2) is 44.3 Å². The molecule has 4 rings (SSSR count). The van der Waals surface area contributed by atoms with Gasteiger partial charge in [0.1, 0.15) is 12.6 Å². The number of hydrogen-bond donors (Lipinski definition) is 1. The van der Waals surface area contributed by atoms with Crippen LogP contribution in [0, 0.1) is 6.92 Å². The lowest BCUT2D eigenvalue weighted by Crippen LogP contribution is -2.53. The second-order valence-electron chi connectivity index (χ2n) is 10.5. The average Bonchev–Trinajstić information content (AvgIpc) is 3.01. The molecule has 0 heterocycles. The van der Waals surface area contributed by atoms with Gasteiger partial charge < -0.3 is 10.2 Å². The molecular weight excluding hydrogens is 617 g/mol. The molecular formula is C34H35Cl2N3O4S. The van der Waals surface area contributed by atoms with Gasteiger partial charge in [0.05, 0.1) is 10.6 Å². The molecule has 0 radical (unpaired) electrons. The third kappa shape index (κ3) is 8.62. The van der Waals surface area contributed by atoms with Crippen molar-refractivity contribution in [2.75, 3.05) is 17.4 Å². The second kappa shape index (κ2) is 15.2. The van der Waals surface area contributed by atoms with Crippen LogP contribution in [0.15, 0.2) is 108 Å². The Labute approximate surface area is 269 Å². The molecule has 1 atom stereocenters. The van der Waals surface area contributed by atoms with Crippen LogP contribution in [0.3, 0.4) is 0 Å². The number of anilines is 1. The van der Waals surface area contributed by atoms with Gasteiger partial charge in [-0.15, -0.1) is 0 Å². The maximum atomic E-state index is 14.4. The number of carbonyl (C=O) groups excluding carboxylic acids is 2. The molecule has 4 aromatic carbocycles. The minimum atomic E-state index is -4.21. The molecule has 7 nitrogen and oxygen atoms in total. The molecule has 1 N–H and O–H groups in total. The topological polar surface area (TPSA) is 86.8 Å². The molecule has 0 aliphatic carbocycles. The van der Waals surface area contributed by atoms with Crippen LogP contribution in [0.5, 0.6) is 0 Å². The van der Waals surface area contributed by atoms with Crippen LogP contribution in [0.1, 0.15) is 30.0 Å². The van der Waals surface area contributed by atoms with E-state index in [1.54, 1.807) is 36.4 Å². The molecule has 44 heavy (non-hydrogen) atoms. The van der Waals surface area contributed by atoms with E-state index >= 15 is 0 Å². The molecule has 0 aliphatic rings. The number of nitrogens with zero attached hydrogens (tertiary/aromatic N) is 2. The number of halogens is 2. The molecule has 0 aromatic heterocycles. The van der Waals surface area contributed by atoms with Crippen LogP contribution in [0.2, 0.25) is 10.0 Å². The number of carbonyl (C=O) groups is 2. The molecule has 0 unspecified atom stereocenters. The van der Waals surface area contributed by atoms with E-state index in [9.17, 15) is 18.0 Å². The van der Waals surface area contributed by atoms with Gasteiger partial charge in [0.25, 0.3) is 10.0 Å². The zero-order chi connectivity index (χ0) is 31.7. The fourth-order valence-electron chi connectivity index (χ4n) is 4.80. The lowest BCUT2D eigenvalue weighted by atomic mass is 10.0. The van der Waals surface area contributed by atoms with Crippen LogP contribution < -0.4 is 9.62 Å². The highest BCUT2D eigenvalue weighted by Gasteiger charge is 2.34. The van der Waals surface area contributed by atoms with E-state index in [0.717, 1.165) is 15.4 Å². The van der Waals surface area contributed by atoms with Crippen LogP contribution in [0.4, 0.5) is 5.69 Å². The quantitative estimate of drug-likeness (QED) is 0.175. The van der Waals surface area contributed by atoms with E-state index in [-0.39, 0.29) is 23.8 Å². The summed E-state index contributed by atoms with van der Waals surface area (Å²) in [4.78, 5) is 29.5. The molecule has 0 saturated carbocycles. The first kappa shape index (κ1) is 33.1. The summed E-state index contributed by atoms with van der Waals surface area (Å²) in [6, 6.07) is 28.3. The van der Waals surface area contributed by atoms with E-state index in [2.05, 4.69) is 5.32 Å². The molecule has 4 aromatic rings. The van der Waals surface area contributed by atoms with Crippen LogP contribution in [-0.2, 0) is 32.6 Å². The summed E-state index contributed by atoms with van der Waals surface area (Å²) in [7, 11) is -4.21. The van der Waals surface area contributed by atoms with Gasteiger partial charge in [-0.25, -0.2) is 8.42 Å². The Bertz CT molecular complexity index is 1680. The van der Waals surface area contributed by atoms with Gasteiger partial charge in [0, 0.05) is 29.6 Å². The summed E-state index contributed by atoms with van der Waals surface area (Å²) < 4.78 is 29.2. The Kier molecular flexibility index (Phi) is 11.4. The summed E-state index contributed by atoms with van der Waals surface area (Å²) in [5, 5.41) is 3.80.